The molecule has 1 aliphatic rings. The lowest BCUT2D eigenvalue weighted by Crippen LogP contribution is -2.47. The van der Waals surface area contributed by atoms with Gasteiger partial charge in [-0.15, -0.1) is 0 Å². The van der Waals surface area contributed by atoms with E-state index in [2.05, 4.69) is 9.80 Å². The number of nitrogens with zero attached hydrogens (tertiary/aromatic N) is 2. The fraction of sp³-hybridized carbons (Fsp3) is 0.700. The van der Waals surface area contributed by atoms with Crippen LogP contribution in [0.3, 0.4) is 0 Å². The van der Waals surface area contributed by atoms with E-state index < -0.39 is 5.91 Å². The minimum absolute atomic E-state index is 0.224. The van der Waals surface area contributed by atoms with Crippen LogP contribution >= 0.6 is 0 Å². The normalized spacial score (nSPS) is 19.8. The summed E-state index contributed by atoms with van der Waals surface area (Å²) >= 11 is 0. The number of carbonyl (C=O) groups excluding carboxylic acids is 1. The molecular formula is C10H19N3O2. The number of nitrogens with two attached hydrogens (primary N) is 1. The Kier molecular flexibility index (Phi) is 5.31. The number of piperazine rings is 1. The highest BCUT2D eigenvalue weighted by molar-refractivity contribution is 5.85. The number of aliphatic hydroxyl groups excluding tert-OH is 1. The first-order valence-corrected chi connectivity index (χ1v) is 5.24. The molecule has 1 saturated heterocycles. The molecule has 1 fully saturated rings. The van der Waals surface area contributed by atoms with E-state index in [1.807, 2.05) is 0 Å². The van der Waals surface area contributed by atoms with E-state index >= 15 is 0 Å². The second-order valence-corrected chi connectivity index (χ2v) is 3.67. The Labute approximate surface area is 90.1 Å². The molecule has 86 valence electrons. The van der Waals surface area contributed by atoms with Crippen molar-refractivity contribution < 1.29 is 9.90 Å². The Morgan fingerprint density at radius 3 is 2.40 bits per heavy atom. The second kappa shape index (κ2) is 6.55. The monoisotopic (exact) mass is 213 g/mol. The summed E-state index contributed by atoms with van der Waals surface area (Å²) in [6, 6.07) is 0. The lowest BCUT2D eigenvalue weighted by molar-refractivity contribution is -0.113. The van der Waals surface area contributed by atoms with Crippen LogP contribution in [0.5, 0.6) is 0 Å². The van der Waals surface area contributed by atoms with E-state index in [4.69, 9.17) is 10.8 Å². The molecule has 0 spiro atoms. The molecule has 0 atom stereocenters. The van der Waals surface area contributed by atoms with Crippen LogP contribution in [0.15, 0.2) is 12.2 Å². The molecule has 0 unspecified atom stereocenters. The minimum atomic E-state index is -0.395. The van der Waals surface area contributed by atoms with Crippen LogP contribution in [-0.4, -0.2) is 66.7 Å². The Morgan fingerprint density at radius 1 is 1.27 bits per heavy atom. The predicted molar refractivity (Wildman–Crippen MR) is 58.3 cm³/mol. The van der Waals surface area contributed by atoms with Crippen molar-refractivity contribution in [2.45, 2.75) is 0 Å². The van der Waals surface area contributed by atoms with Crippen LogP contribution in [0.1, 0.15) is 0 Å². The van der Waals surface area contributed by atoms with Crippen molar-refractivity contribution in [3.8, 4) is 0 Å². The van der Waals surface area contributed by atoms with Crippen molar-refractivity contribution in [2.75, 3.05) is 45.9 Å². The highest BCUT2D eigenvalue weighted by Crippen LogP contribution is 2.00. The molecule has 15 heavy (non-hydrogen) atoms. The summed E-state index contributed by atoms with van der Waals surface area (Å²) in [5, 5.41) is 8.77. The zero-order chi connectivity index (χ0) is 11.1. The van der Waals surface area contributed by atoms with Gasteiger partial charge in [-0.05, 0) is 6.08 Å². The van der Waals surface area contributed by atoms with Crippen LogP contribution in [-0.2, 0) is 4.79 Å². The van der Waals surface area contributed by atoms with E-state index in [9.17, 15) is 4.79 Å². The number of primary amides is 1. The lowest BCUT2D eigenvalue weighted by atomic mass is 10.3. The van der Waals surface area contributed by atoms with Crippen LogP contribution in [0.4, 0.5) is 0 Å². The molecule has 1 heterocycles. The number of hydrogen-bond acceptors (Lipinski definition) is 4. The molecule has 1 amide bonds. The van der Waals surface area contributed by atoms with Gasteiger partial charge in [-0.25, -0.2) is 0 Å². The molecule has 0 radical (unpaired) electrons. The van der Waals surface area contributed by atoms with Crippen molar-refractivity contribution in [3.05, 3.63) is 12.2 Å². The first kappa shape index (κ1) is 12.2. The summed E-state index contributed by atoms with van der Waals surface area (Å²) in [6.45, 7) is 5.66. The molecule has 1 aliphatic heterocycles. The molecule has 3 N–H and O–H groups in total. The maximum Gasteiger partial charge on any atom is 0.241 e. The average molecular weight is 213 g/mol. The van der Waals surface area contributed by atoms with Crippen LogP contribution in [0.2, 0.25) is 0 Å². The summed E-state index contributed by atoms with van der Waals surface area (Å²) in [6.07, 6.45) is 3.20. The zero-order valence-electron chi connectivity index (χ0n) is 8.93. The second-order valence-electron chi connectivity index (χ2n) is 3.67. The topological polar surface area (TPSA) is 69.8 Å². The predicted octanol–water partition coefficient (Wildman–Crippen LogP) is -1.36. The first-order chi connectivity index (χ1) is 7.22. The third-order valence-corrected chi connectivity index (χ3v) is 2.53. The van der Waals surface area contributed by atoms with Gasteiger partial charge in [0.2, 0.25) is 5.91 Å². The number of hydrogen-bond donors (Lipinski definition) is 2. The van der Waals surface area contributed by atoms with E-state index in [-0.39, 0.29) is 6.61 Å². The van der Waals surface area contributed by atoms with E-state index in [1.165, 1.54) is 6.08 Å². The van der Waals surface area contributed by atoms with Crippen LogP contribution < -0.4 is 5.73 Å². The van der Waals surface area contributed by atoms with Crippen molar-refractivity contribution in [2.24, 2.45) is 5.73 Å². The molecule has 1 rings (SSSR count). The molecule has 5 nitrogen and oxygen atoms in total. The lowest BCUT2D eigenvalue weighted by Gasteiger charge is -2.33. The Balaban J connectivity index is 2.17. The van der Waals surface area contributed by atoms with Crippen molar-refractivity contribution in [1.29, 1.82) is 0 Å². The van der Waals surface area contributed by atoms with Gasteiger partial charge in [-0.3, -0.25) is 14.6 Å². The maximum atomic E-state index is 10.5. The molecule has 0 aromatic carbocycles. The SMILES string of the molecule is NC(=O)/C=C/CN1CCN(CCO)CC1. The van der Waals surface area contributed by atoms with Gasteiger partial charge in [0.05, 0.1) is 6.61 Å². The van der Waals surface area contributed by atoms with Crippen molar-refractivity contribution in [1.82, 2.24) is 9.80 Å². The van der Waals surface area contributed by atoms with Gasteiger partial charge < -0.3 is 10.8 Å². The molecule has 5 heteroatoms. The summed E-state index contributed by atoms with van der Waals surface area (Å²) in [4.78, 5) is 14.9. The van der Waals surface area contributed by atoms with E-state index in [0.717, 1.165) is 39.3 Å². The largest absolute Gasteiger partial charge is 0.395 e. The Morgan fingerprint density at radius 2 is 1.87 bits per heavy atom. The number of rotatable bonds is 5. The third-order valence-electron chi connectivity index (χ3n) is 2.53. The molecule has 0 aliphatic carbocycles. The fourth-order valence-electron chi connectivity index (χ4n) is 1.65. The number of amides is 1. The van der Waals surface area contributed by atoms with Gasteiger partial charge in [0.1, 0.15) is 0 Å². The minimum Gasteiger partial charge on any atom is -0.395 e. The molecule has 0 aromatic heterocycles. The van der Waals surface area contributed by atoms with Gasteiger partial charge in [-0.1, -0.05) is 6.08 Å². The molecular weight excluding hydrogens is 194 g/mol. The standard InChI is InChI=1S/C10H19N3O2/c11-10(15)2-1-3-12-4-6-13(7-5-12)8-9-14/h1-2,14H,3-9H2,(H2,11,15)/b2-1+. The van der Waals surface area contributed by atoms with E-state index in [1.54, 1.807) is 6.08 Å². The number of aliphatic hydroxyl groups is 1. The Hall–Kier alpha value is -0.910. The first-order valence-electron chi connectivity index (χ1n) is 5.24. The Bertz CT molecular complexity index is 223. The molecule has 0 bridgehead atoms. The molecule has 0 saturated carbocycles. The smallest absolute Gasteiger partial charge is 0.241 e. The highest BCUT2D eigenvalue weighted by Gasteiger charge is 2.14. The summed E-state index contributed by atoms with van der Waals surface area (Å²) < 4.78 is 0. The van der Waals surface area contributed by atoms with Gasteiger partial charge in [0.15, 0.2) is 0 Å². The van der Waals surface area contributed by atoms with Crippen LogP contribution in [0, 0.1) is 0 Å². The van der Waals surface area contributed by atoms with Crippen LogP contribution in [0.25, 0.3) is 0 Å². The zero-order valence-corrected chi connectivity index (χ0v) is 8.93. The average Bonchev–Trinajstić information content (AvgIpc) is 2.20. The highest BCUT2D eigenvalue weighted by atomic mass is 16.3. The molecule has 0 aromatic rings. The van der Waals surface area contributed by atoms with E-state index in [0.29, 0.717) is 0 Å². The summed E-state index contributed by atoms with van der Waals surface area (Å²) in [5.41, 5.74) is 4.99. The number of carbonyl (C=O) groups is 1. The maximum absolute atomic E-state index is 10.5. The van der Waals surface area contributed by atoms with Gasteiger partial charge in [0, 0.05) is 39.3 Å². The summed E-state index contributed by atoms with van der Waals surface area (Å²) in [7, 11) is 0. The van der Waals surface area contributed by atoms with Crippen molar-refractivity contribution >= 4 is 5.91 Å². The number of β-amino-alcohol motifs (C(OH)–C–C–N with tert-alkyl or cyclic N) is 1. The van der Waals surface area contributed by atoms with Crippen molar-refractivity contribution in [3.63, 3.8) is 0 Å². The van der Waals surface area contributed by atoms with Gasteiger partial charge in [0.25, 0.3) is 0 Å². The van der Waals surface area contributed by atoms with Gasteiger partial charge >= 0.3 is 0 Å². The third kappa shape index (κ3) is 4.92. The van der Waals surface area contributed by atoms with Gasteiger partial charge in [-0.2, -0.15) is 0 Å². The fourth-order valence-corrected chi connectivity index (χ4v) is 1.65. The summed E-state index contributed by atoms with van der Waals surface area (Å²) in [5.74, 6) is -0.395. The quantitative estimate of drug-likeness (QED) is 0.553.